The van der Waals surface area contributed by atoms with Crippen molar-refractivity contribution in [3.8, 4) is 0 Å². The van der Waals surface area contributed by atoms with Gasteiger partial charge in [-0.05, 0) is 30.1 Å². The minimum atomic E-state index is 0.292. The van der Waals surface area contributed by atoms with Crippen LogP contribution in [0.3, 0.4) is 0 Å². The number of hydrogen-bond donors (Lipinski definition) is 1. The van der Waals surface area contributed by atoms with Crippen LogP contribution < -0.4 is 5.32 Å². The Hall–Kier alpha value is 0.200. The highest BCUT2D eigenvalue weighted by molar-refractivity contribution is 14.1. The van der Waals surface area contributed by atoms with Crippen LogP contribution in [-0.4, -0.2) is 16.9 Å². The third-order valence-electron chi connectivity index (χ3n) is 2.59. The molecule has 0 saturated heterocycles. The Kier molecular flexibility index (Phi) is 5.75. The Morgan fingerprint density at radius 3 is 2.62 bits per heavy atom. The summed E-state index contributed by atoms with van der Waals surface area (Å²) in [6.45, 7) is 0.881. The van der Waals surface area contributed by atoms with Gasteiger partial charge in [0, 0.05) is 12.5 Å². The van der Waals surface area contributed by atoms with Crippen molar-refractivity contribution in [2.75, 3.05) is 11.0 Å². The molecule has 1 aliphatic carbocycles. The molecular weight excluding hydrogens is 277 g/mol. The first kappa shape index (κ1) is 11.3. The van der Waals surface area contributed by atoms with Gasteiger partial charge in [0.1, 0.15) is 0 Å². The van der Waals surface area contributed by atoms with Crippen molar-refractivity contribution < 1.29 is 4.79 Å². The van der Waals surface area contributed by atoms with Gasteiger partial charge in [-0.25, -0.2) is 0 Å². The number of alkyl halides is 1. The summed E-state index contributed by atoms with van der Waals surface area (Å²) < 4.78 is 1.23. The summed E-state index contributed by atoms with van der Waals surface area (Å²) >= 11 is 2.39. The number of hydrogen-bond acceptors (Lipinski definition) is 1. The fraction of sp³-hybridized carbons (Fsp3) is 0.900. The van der Waals surface area contributed by atoms with Crippen molar-refractivity contribution in [3.63, 3.8) is 0 Å². The standard InChI is InChI=1S/C10H18INO/c11-7-2-1-3-8-12-10(13)9-5-4-6-9/h9H,1-8H2,(H,12,13). The molecule has 13 heavy (non-hydrogen) atoms. The summed E-state index contributed by atoms with van der Waals surface area (Å²) in [5.74, 6) is 0.644. The van der Waals surface area contributed by atoms with Crippen LogP contribution in [-0.2, 0) is 4.79 Å². The molecule has 0 aromatic rings. The summed E-state index contributed by atoms with van der Waals surface area (Å²) in [7, 11) is 0. The monoisotopic (exact) mass is 295 g/mol. The third-order valence-corrected chi connectivity index (χ3v) is 3.35. The van der Waals surface area contributed by atoms with E-state index in [4.69, 9.17) is 0 Å². The number of amides is 1. The fourth-order valence-corrected chi connectivity index (χ4v) is 1.96. The molecule has 1 saturated carbocycles. The van der Waals surface area contributed by atoms with Gasteiger partial charge >= 0.3 is 0 Å². The van der Waals surface area contributed by atoms with Gasteiger partial charge in [0.2, 0.25) is 5.91 Å². The van der Waals surface area contributed by atoms with Crippen molar-refractivity contribution in [2.45, 2.75) is 38.5 Å². The number of halogens is 1. The van der Waals surface area contributed by atoms with E-state index >= 15 is 0 Å². The first-order valence-electron chi connectivity index (χ1n) is 5.18. The second-order valence-electron chi connectivity index (χ2n) is 3.67. The first-order valence-corrected chi connectivity index (χ1v) is 6.71. The Morgan fingerprint density at radius 1 is 1.31 bits per heavy atom. The molecule has 1 fully saturated rings. The highest BCUT2D eigenvalue weighted by Crippen LogP contribution is 2.26. The van der Waals surface area contributed by atoms with Gasteiger partial charge in [-0.1, -0.05) is 35.4 Å². The zero-order valence-electron chi connectivity index (χ0n) is 8.02. The van der Waals surface area contributed by atoms with Crippen LogP contribution in [0.25, 0.3) is 0 Å². The minimum Gasteiger partial charge on any atom is -0.356 e. The molecule has 3 heteroatoms. The fourth-order valence-electron chi connectivity index (χ4n) is 1.42. The van der Waals surface area contributed by atoms with Crippen LogP contribution in [0.4, 0.5) is 0 Å². The Balaban J connectivity index is 1.89. The lowest BCUT2D eigenvalue weighted by Crippen LogP contribution is -2.34. The first-order chi connectivity index (χ1) is 6.34. The average molecular weight is 295 g/mol. The highest BCUT2D eigenvalue weighted by atomic mass is 127. The van der Waals surface area contributed by atoms with Crippen LogP contribution in [0.2, 0.25) is 0 Å². The largest absolute Gasteiger partial charge is 0.356 e. The smallest absolute Gasteiger partial charge is 0.223 e. The molecule has 0 aromatic heterocycles. The van der Waals surface area contributed by atoms with E-state index in [1.165, 1.54) is 23.7 Å². The summed E-state index contributed by atoms with van der Waals surface area (Å²) in [4.78, 5) is 11.3. The molecule has 76 valence electrons. The lowest BCUT2D eigenvalue weighted by atomic mass is 9.85. The molecule has 0 bridgehead atoms. The molecule has 0 radical (unpaired) electrons. The molecular formula is C10H18INO. The molecule has 1 amide bonds. The van der Waals surface area contributed by atoms with Gasteiger partial charge in [0.25, 0.3) is 0 Å². The molecule has 1 aliphatic rings. The van der Waals surface area contributed by atoms with Gasteiger partial charge in [-0.3, -0.25) is 4.79 Å². The van der Waals surface area contributed by atoms with E-state index in [0.717, 1.165) is 25.8 Å². The van der Waals surface area contributed by atoms with Crippen molar-refractivity contribution in [1.82, 2.24) is 5.32 Å². The second-order valence-corrected chi connectivity index (χ2v) is 4.75. The minimum absolute atomic E-state index is 0.292. The molecule has 1 N–H and O–H groups in total. The normalized spacial score (nSPS) is 16.7. The topological polar surface area (TPSA) is 29.1 Å². The molecule has 0 heterocycles. The molecule has 0 atom stereocenters. The number of unbranched alkanes of at least 4 members (excludes halogenated alkanes) is 2. The predicted molar refractivity (Wildman–Crippen MR) is 63.1 cm³/mol. The number of nitrogens with one attached hydrogen (secondary N) is 1. The summed E-state index contributed by atoms with van der Waals surface area (Å²) in [5, 5.41) is 3.00. The zero-order valence-corrected chi connectivity index (χ0v) is 10.2. The molecule has 0 spiro atoms. The Bertz CT molecular complexity index is 157. The van der Waals surface area contributed by atoms with E-state index < -0.39 is 0 Å². The summed E-state index contributed by atoms with van der Waals surface area (Å²) in [5.41, 5.74) is 0. The summed E-state index contributed by atoms with van der Waals surface area (Å²) in [6, 6.07) is 0. The van der Waals surface area contributed by atoms with Gasteiger partial charge < -0.3 is 5.32 Å². The molecule has 0 aliphatic heterocycles. The van der Waals surface area contributed by atoms with Crippen molar-refractivity contribution in [2.24, 2.45) is 5.92 Å². The van der Waals surface area contributed by atoms with Gasteiger partial charge in [-0.15, -0.1) is 0 Å². The SMILES string of the molecule is O=C(NCCCCCI)C1CCC1. The molecule has 0 unspecified atom stereocenters. The van der Waals surface area contributed by atoms with Gasteiger partial charge in [0.15, 0.2) is 0 Å². The Labute approximate surface area is 94.0 Å². The molecule has 0 aromatic carbocycles. The van der Waals surface area contributed by atoms with E-state index in [9.17, 15) is 4.79 Å². The van der Waals surface area contributed by atoms with E-state index in [1.807, 2.05) is 0 Å². The molecule has 1 rings (SSSR count). The van der Waals surface area contributed by atoms with Crippen molar-refractivity contribution >= 4 is 28.5 Å². The van der Waals surface area contributed by atoms with Gasteiger partial charge in [-0.2, -0.15) is 0 Å². The molecule has 2 nitrogen and oxygen atoms in total. The predicted octanol–water partition coefficient (Wildman–Crippen LogP) is 2.51. The quantitative estimate of drug-likeness (QED) is 0.455. The van der Waals surface area contributed by atoms with Crippen molar-refractivity contribution in [1.29, 1.82) is 0 Å². The zero-order chi connectivity index (χ0) is 9.52. The second kappa shape index (κ2) is 6.62. The van der Waals surface area contributed by atoms with Crippen LogP contribution in [0, 0.1) is 5.92 Å². The maximum Gasteiger partial charge on any atom is 0.223 e. The summed E-state index contributed by atoms with van der Waals surface area (Å²) in [6.07, 6.45) is 7.13. The lowest BCUT2D eigenvalue weighted by Gasteiger charge is -2.23. The third kappa shape index (κ3) is 4.29. The average Bonchev–Trinajstić information content (AvgIpc) is 2.01. The van der Waals surface area contributed by atoms with E-state index in [1.54, 1.807) is 0 Å². The number of carbonyl (C=O) groups is 1. The lowest BCUT2D eigenvalue weighted by molar-refractivity contribution is -0.127. The van der Waals surface area contributed by atoms with Crippen LogP contribution in [0.1, 0.15) is 38.5 Å². The Morgan fingerprint density at radius 2 is 2.08 bits per heavy atom. The highest BCUT2D eigenvalue weighted by Gasteiger charge is 2.24. The van der Waals surface area contributed by atoms with E-state index in [2.05, 4.69) is 27.9 Å². The maximum absolute atomic E-state index is 11.3. The van der Waals surface area contributed by atoms with Gasteiger partial charge in [0.05, 0.1) is 0 Å². The number of rotatable bonds is 6. The maximum atomic E-state index is 11.3. The van der Waals surface area contributed by atoms with Crippen molar-refractivity contribution in [3.05, 3.63) is 0 Å². The van der Waals surface area contributed by atoms with Crippen LogP contribution in [0.15, 0.2) is 0 Å². The van der Waals surface area contributed by atoms with Crippen LogP contribution >= 0.6 is 22.6 Å². The van der Waals surface area contributed by atoms with E-state index in [0.29, 0.717) is 11.8 Å². The van der Waals surface area contributed by atoms with E-state index in [-0.39, 0.29) is 0 Å². The number of carbonyl (C=O) groups excluding carboxylic acids is 1. The van der Waals surface area contributed by atoms with Crippen LogP contribution in [0.5, 0.6) is 0 Å².